The molecule has 16 heavy (non-hydrogen) atoms. The van der Waals surface area contributed by atoms with Gasteiger partial charge in [-0.2, -0.15) is 0 Å². The number of esters is 1. The van der Waals surface area contributed by atoms with E-state index in [1.807, 2.05) is 0 Å². The molecule has 1 heterocycles. The minimum atomic E-state index is -0.417. The van der Waals surface area contributed by atoms with E-state index in [1.165, 1.54) is 19.2 Å². The molecular formula is C11H11ClFNO2. The Labute approximate surface area is 97.8 Å². The Morgan fingerprint density at radius 3 is 2.88 bits per heavy atom. The Hall–Kier alpha value is -1.29. The zero-order valence-electron chi connectivity index (χ0n) is 8.74. The van der Waals surface area contributed by atoms with Crippen molar-refractivity contribution in [3.05, 3.63) is 29.0 Å². The van der Waals surface area contributed by atoms with Crippen molar-refractivity contribution in [2.24, 2.45) is 0 Å². The van der Waals surface area contributed by atoms with Crippen molar-refractivity contribution in [1.82, 2.24) is 0 Å². The number of anilines is 1. The van der Waals surface area contributed by atoms with Crippen LogP contribution < -0.4 is 4.90 Å². The zero-order chi connectivity index (χ0) is 11.7. The minimum absolute atomic E-state index is 0.283. The molecule has 0 amide bonds. The highest BCUT2D eigenvalue weighted by Crippen LogP contribution is 2.35. The summed E-state index contributed by atoms with van der Waals surface area (Å²) in [6.45, 7) is 0.612. The second-order valence-corrected chi connectivity index (χ2v) is 4.00. The molecule has 1 aliphatic rings. The van der Waals surface area contributed by atoms with E-state index < -0.39 is 11.9 Å². The number of benzene rings is 1. The van der Waals surface area contributed by atoms with E-state index in [0.717, 1.165) is 0 Å². The molecule has 1 saturated heterocycles. The summed E-state index contributed by atoms with van der Waals surface area (Å²) in [4.78, 5) is 13.0. The first-order valence-corrected chi connectivity index (χ1v) is 5.31. The van der Waals surface area contributed by atoms with Crippen LogP contribution in [0.3, 0.4) is 0 Å². The van der Waals surface area contributed by atoms with E-state index in [2.05, 4.69) is 4.74 Å². The molecule has 1 aromatic rings. The third-order valence-corrected chi connectivity index (χ3v) is 3.02. The van der Waals surface area contributed by atoms with Crippen LogP contribution >= 0.6 is 11.6 Å². The summed E-state index contributed by atoms with van der Waals surface area (Å²) >= 11 is 5.92. The standard InChI is InChI=1S/C11H11ClFNO2/c1-16-11(15)9-5-6-14(9)10-7(12)3-2-4-8(10)13/h2-4,9H,5-6H2,1H3. The van der Waals surface area contributed by atoms with E-state index in [0.29, 0.717) is 18.0 Å². The molecule has 5 heteroatoms. The Kier molecular flexibility index (Phi) is 3.01. The van der Waals surface area contributed by atoms with Gasteiger partial charge in [0.2, 0.25) is 0 Å². The third kappa shape index (κ3) is 1.73. The number of carbonyl (C=O) groups excluding carboxylic acids is 1. The van der Waals surface area contributed by atoms with Crippen LogP contribution in [0.15, 0.2) is 18.2 Å². The lowest BCUT2D eigenvalue weighted by atomic mass is 10.0. The third-order valence-electron chi connectivity index (χ3n) is 2.72. The molecule has 0 saturated carbocycles. The van der Waals surface area contributed by atoms with Crippen molar-refractivity contribution in [3.63, 3.8) is 0 Å². The first-order chi connectivity index (χ1) is 7.65. The van der Waals surface area contributed by atoms with Crippen LogP contribution in [0, 0.1) is 5.82 Å². The normalized spacial score (nSPS) is 19.2. The second-order valence-electron chi connectivity index (χ2n) is 3.59. The molecule has 86 valence electrons. The predicted octanol–water partition coefficient (Wildman–Crippen LogP) is 2.23. The average molecular weight is 244 g/mol. The van der Waals surface area contributed by atoms with Crippen LogP contribution in [-0.2, 0) is 9.53 Å². The van der Waals surface area contributed by atoms with Gasteiger partial charge in [-0.15, -0.1) is 0 Å². The van der Waals surface area contributed by atoms with Crippen LogP contribution in [0.5, 0.6) is 0 Å². The largest absolute Gasteiger partial charge is 0.467 e. The van der Waals surface area contributed by atoms with Crippen molar-refractivity contribution in [3.8, 4) is 0 Å². The van der Waals surface area contributed by atoms with Gasteiger partial charge in [0.25, 0.3) is 0 Å². The fraction of sp³-hybridized carbons (Fsp3) is 0.364. The molecule has 0 radical (unpaired) electrons. The number of methoxy groups -OCH3 is 1. The van der Waals surface area contributed by atoms with Gasteiger partial charge in [0.15, 0.2) is 0 Å². The van der Waals surface area contributed by atoms with Crippen molar-refractivity contribution in [2.45, 2.75) is 12.5 Å². The fourth-order valence-electron chi connectivity index (χ4n) is 1.80. The van der Waals surface area contributed by atoms with Gasteiger partial charge in [-0.25, -0.2) is 9.18 Å². The minimum Gasteiger partial charge on any atom is -0.467 e. The smallest absolute Gasteiger partial charge is 0.328 e. The van der Waals surface area contributed by atoms with Crippen molar-refractivity contribution >= 4 is 23.3 Å². The molecule has 1 aliphatic heterocycles. The Balaban J connectivity index is 2.28. The number of para-hydroxylation sites is 1. The van der Waals surface area contributed by atoms with Gasteiger partial charge in [0, 0.05) is 6.54 Å². The highest BCUT2D eigenvalue weighted by molar-refractivity contribution is 6.33. The molecule has 1 aromatic carbocycles. The van der Waals surface area contributed by atoms with Crippen molar-refractivity contribution < 1.29 is 13.9 Å². The molecule has 1 unspecified atom stereocenters. The molecule has 1 atom stereocenters. The van der Waals surface area contributed by atoms with Gasteiger partial charge >= 0.3 is 5.97 Å². The summed E-state index contributed by atoms with van der Waals surface area (Å²) < 4.78 is 18.2. The molecule has 0 aliphatic carbocycles. The van der Waals surface area contributed by atoms with Crippen molar-refractivity contribution in [2.75, 3.05) is 18.6 Å². The van der Waals surface area contributed by atoms with E-state index >= 15 is 0 Å². The first-order valence-electron chi connectivity index (χ1n) is 4.93. The van der Waals surface area contributed by atoms with E-state index in [-0.39, 0.29) is 11.7 Å². The molecule has 0 bridgehead atoms. The maximum Gasteiger partial charge on any atom is 0.328 e. The highest BCUT2D eigenvalue weighted by Gasteiger charge is 2.37. The average Bonchev–Trinajstić information content (AvgIpc) is 2.21. The lowest BCUT2D eigenvalue weighted by Crippen LogP contribution is -2.53. The molecule has 3 nitrogen and oxygen atoms in total. The summed E-state index contributed by atoms with van der Waals surface area (Å²) in [6, 6.07) is 4.05. The van der Waals surface area contributed by atoms with Crippen LogP contribution in [0.1, 0.15) is 6.42 Å². The summed E-state index contributed by atoms with van der Waals surface area (Å²) in [6.07, 6.45) is 0.664. The van der Waals surface area contributed by atoms with Gasteiger partial charge in [-0.05, 0) is 18.6 Å². The monoisotopic (exact) mass is 243 g/mol. The van der Waals surface area contributed by atoms with Gasteiger partial charge in [-0.3, -0.25) is 0 Å². The Bertz CT molecular complexity index is 404. The predicted molar refractivity (Wildman–Crippen MR) is 59.2 cm³/mol. The lowest BCUT2D eigenvalue weighted by Gasteiger charge is -2.41. The van der Waals surface area contributed by atoms with Gasteiger partial charge in [0.1, 0.15) is 11.9 Å². The van der Waals surface area contributed by atoms with Crippen LogP contribution in [0.2, 0.25) is 5.02 Å². The first kappa shape index (κ1) is 11.2. The Morgan fingerprint density at radius 1 is 1.62 bits per heavy atom. The summed E-state index contributed by atoms with van der Waals surface area (Å²) in [5.41, 5.74) is 0.283. The van der Waals surface area contributed by atoms with Crippen LogP contribution in [-0.4, -0.2) is 25.7 Å². The highest BCUT2D eigenvalue weighted by atomic mass is 35.5. The van der Waals surface area contributed by atoms with Crippen LogP contribution in [0.25, 0.3) is 0 Å². The van der Waals surface area contributed by atoms with Gasteiger partial charge in [0.05, 0.1) is 17.8 Å². The number of ether oxygens (including phenoxy) is 1. The van der Waals surface area contributed by atoms with Crippen molar-refractivity contribution in [1.29, 1.82) is 0 Å². The van der Waals surface area contributed by atoms with Gasteiger partial charge in [-0.1, -0.05) is 17.7 Å². The van der Waals surface area contributed by atoms with E-state index in [1.54, 1.807) is 11.0 Å². The zero-order valence-corrected chi connectivity index (χ0v) is 9.50. The summed E-state index contributed by atoms with van der Waals surface area (Å²) in [5, 5.41) is 0.314. The molecular weight excluding hydrogens is 233 g/mol. The summed E-state index contributed by atoms with van der Waals surface area (Å²) in [5.74, 6) is -0.772. The van der Waals surface area contributed by atoms with E-state index in [9.17, 15) is 9.18 Å². The number of rotatable bonds is 2. The number of hydrogen-bond donors (Lipinski definition) is 0. The maximum absolute atomic E-state index is 13.6. The topological polar surface area (TPSA) is 29.5 Å². The molecule has 0 N–H and O–H groups in total. The summed E-state index contributed by atoms with van der Waals surface area (Å²) in [7, 11) is 1.32. The SMILES string of the molecule is COC(=O)C1CCN1c1c(F)cccc1Cl. The number of carbonyl (C=O) groups is 1. The molecule has 0 spiro atoms. The number of nitrogens with zero attached hydrogens (tertiary/aromatic N) is 1. The molecule has 1 fully saturated rings. The van der Waals surface area contributed by atoms with Crippen LogP contribution in [0.4, 0.5) is 10.1 Å². The quantitative estimate of drug-likeness (QED) is 0.746. The maximum atomic E-state index is 13.6. The van der Waals surface area contributed by atoms with E-state index in [4.69, 9.17) is 11.6 Å². The number of halogens is 2. The Morgan fingerprint density at radius 2 is 2.38 bits per heavy atom. The fourth-order valence-corrected chi connectivity index (χ4v) is 2.07. The van der Waals surface area contributed by atoms with Gasteiger partial charge < -0.3 is 9.64 Å². The molecule has 0 aromatic heterocycles. The number of hydrogen-bond acceptors (Lipinski definition) is 3. The lowest BCUT2D eigenvalue weighted by molar-refractivity contribution is -0.143. The molecule has 2 rings (SSSR count). The second kappa shape index (κ2) is 4.29.